The van der Waals surface area contributed by atoms with Gasteiger partial charge in [-0.1, -0.05) is 6.92 Å². The molecule has 0 saturated carbocycles. The van der Waals surface area contributed by atoms with E-state index in [1.807, 2.05) is 13.0 Å². The number of nitrogens with zero attached hydrogens (tertiary/aromatic N) is 2. The normalized spacial score (nSPS) is 24.5. The van der Waals surface area contributed by atoms with Crippen molar-refractivity contribution >= 4 is 5.69 Å². The van der Waals surface area contributed by atoms with Gasteiger partial charge in [0.1, 0.15) is 0 Å². The van der Waals surface area contributed by atoms with Gasteiger partial charge >= 0.3 is 0 Å². The lowest BCUT2D eigenvalue weighted by atomic mass is 9.91. The van der Waals surface area contributed by atoms with E-state index >= 15 is 0 Å². The zero-order chi connectivity index (χ0) is 12.4. The molecule has 0 aliphatic carbocycles. The van der Waals surface area contributed by atoms with E-state index in [0.717, 1.165) is 23.6 Å². The molecule has 1 aliphatic heterocycles. The van der Waals surface area contributed by atoms with Crippen molar-refractivity contribution in [3.8, 4) is 6.07 Å². The van der Waals surface area contributed by atoms with Gasteiger partial charge in [0.25, 0.3) is 0 Å². The van der Waals surface area contributed by atoms with Gasteiger partial charge in [-0.15, -0.1) is 0 Å². The van der Waals surface area contributed by atoms with Crippen LogP contribution < -0.4 is 4.90 Å². The minimum atomic E-state index is 0.594. The maximum Gasteiger partial charge on any atom is 0.0994 e. The van der Waals surface area contributed by atoms with Gasteiger partial charge in [-0.3, -0.25) is 0 Å². The third-order valence-corrected chi connectivity index (χ3v) is 4.04. The van der Waals surface area contributed by atoms with E-state index in [4.69, 9.17) is 5.26 Å². The summed E-state index contributed by atoms with van der Waals surface area (Å²) < 4.78 is 0. The van der Waals surface area contributed by atoms with Crippen molar-refractivity contribution in [3.63, 3.8) is 0 Å². The maximum absolute atomic E-state index is 8.95. The number of hydrogen-bond acceptors (Lipinski definition) is 2. The van der Waals surface area contributed by atoms with Gasteiger partial charge in [0.05, 0.1) is 11.6 Å². The Bertz CT molecular complexity index is 445. The molecule has 1 fully saturated rings. The van der Waals surface area contributed by atoms with E-state index in [2.05, 4.69) is 36.9 Å². The van der Waals surface area contributed by atoms with Gasteiger partial charge < -0.3 is 4.90 Å². The quantitative estimate of drug-likeness (QED) is 0.735. The van der Waals surface area contributed by atoms with Crippen LogP contribution >= 0.6 is 0 Å². The van der Waals surface area contributed by atoms with E-state index in [1.54, 1.807) is 0 Å². The van der Waals surface area contributed by atoms with Gasteiger partial charge in [-0.2, -0.15) is 5.26 Å². The standard InChI is InChI=1S/C15H20N2/c1-11-5-4-8-17(13(11)3)15-7-6-14(10-16)12(2)9-15/h6-7,9,11,13H,4-5,8H2,1-3H3. The Balaban J connectivity index is 2.28. The summed E-state index contributed by atoms with van der Waals surface area (Å²) in [5, 5.41) is 8.95. The van der Waals surface area contributed by atoms with E-state index in [9.17, 15) is 0 Å². The Kier molecular flexibility index (Phi) is 3.38. The molecule has 0 aromatic heterocycles. The van der Waals surface area contributed by atoms with Gasteiger partial charge in [-0.05, 0) is 56.4 Å². The summed E-state index contributed by atoms with van der Waals surface area (Å²) in [6.07, 6.45) is 2.59. The monoisotopic (exact) mass is 228 g/mol. The molecule has 2 atom stereocenters. The minimum Gasteiger partial charge on any atom is -0.369 e. The Morgan fingerprint density at radius 1 is 1.35 bits per heavy atom. The van der Waals surface area contributed by atoms with Gasteiger partial charge in [0, 0.05) is 18.3 Å². The van der Waals surface area contributed by atoms with Crippen molar-refractivity contribution < 1.29 is 0 Å². The number of nitriles is 1. The number of anilines is 1. The molecule has 2 rings (SSSR count). The fourth-order valence-electron chi connectivity index (χ4n) is 2.65. The minimum absolute atomic E-state index is 0.594. The number of piperidine rings is 1. The van der Waals surface area contributed by atoms with E-state index in [-0.39, 0.29) is 0 Å². The van der Waals surface area contributed by atoms with Crippen LogP contribution in [0.2, 0.25) is 0 Å². The Labute approximate surface area is 104 Å². The van der Waals surface area contributed by atoms with Crippen molar-refractivity contribution in [3.05, 3.63) is 29.3 Å². The molecular formula is C15H20N2. The summed E-state index contributed by atoms with van der Waals surface area (Å²) in [7, 11) is 0. The fraction of sp³-hybridized carbons (Fsp3) is 0.533. The zero-order valence-electron chi connectivity index (χ0n) is 10.9. The topological polar surface area (TPSA) is 27.0 Å². The largest absolute Gasteiger partial charge is 0.369 e. The highest BCUT2D eigenvalue weighted by atomic mass is 15.2. The molecular weight excluding hydrogens is 208 g/mol. The summed E-state index contributed by atoms with van der Waals surface area (Å²) in [5.74, 6) is 0.750. The molecule has 2 nitrogen and oxygen atoms in total. The first-order chi connectivity index (χ1) is 8.13. The van der Waals surface area contributed by atoms with Crippen LogP contribution in [0.3, 0.4) is 0 Å². The summed E-state index contributed by atoms with van der Waals surface area (Å²) in [5.41, 5.74) is 3.13. The third kappa shape index (κ3) is 2.29. The maximum atomic E-state index is 8.95. The number of hydrogen-bond donors (Lipinski definition) is 0. The first-order valence-corrected chi connectivity index (χ1v) is 6.41. The number of benzene rings is 1. The van der Waals surface area contributed by atoms with Crippen molar-refractivity contribution in [2.24, 2.45) is 5.92 Å². The van der Waals surface area contributed by atoms with Crippen LogP contribution in [0.15, 0.2) is 18.2 Å². The van der Waals surface area contributed by atoms with Gasteiger partial charge in [0.2, 0.25) is 0 Å². The van der Waals surface area contributed by atoms with Crippen LogP contribution in [0, 0.1) is 24.2 Å². The predicted octanol–water partition coefficient (Wildman–Crippen LogP) is 3.49. The van der Waals surface area contributed by atoms with Crippen LogP contribution in [-0.4, -0.2) is 12.6 Å². The van der Waals surface area contributed by atoms with Gasteiger partial charge in [0.15, 0.2) is 0 Å². The smallest absolute Gasteiger partial charge is 0.0994 e. The highest BCUT2D eigenvalue weighted by Crippen LogP contribution is 2.29. The predicted molar refractivity (Wildman–Crippen MR) is 71.1 cm³/mol. The van der Waals surface area contributed by atoms with E-state index < -0.39 is 0 Å². The van der Waals surface area contributed by atoms with E-state index in [1.165, 1.54) is 18.5 Å². The Hall–Kier alpha value is -1.49. The highest BCUT2D eigenvalue weighted by Gasteiger charge is 2.24. The Morgan fingerprint density at radius 3 is 2.76 bits per heavy atom. The molecule has 1 saturated heterocycles. The molecule has 2 heteroatoms. The molecule has 1 aromatic rings. The molecule has 0 spiro atoms. The van der Waals surface area contributed by atoms with Crippen LogP contribution in [0.5, 0.6) is 0 Å². The molecule has 90 valence electrons. The summed E-state index contributed by atoms with van der Waals surface area (Å²) in [6.45, 7) is 7.78. The van der Waals surface area contributed by atoms with Crippen molar-refractivity contribution in [2.75, 3.05) is 11.4 Å². The Morgan fingerprint density at radius 2 is 2.12 bits per heavy atom. The SMILES string of the molecule is Cc1cc(N2CCCC(C)C2C)ccc1C#N. The second-order valence-corrected chi connectivity index (χ2v) is 5.16. The zero-order valence-corrected chi connectivity index (χ0v) is 10.9. The van der Waals surface area contributed by atoms with Crippen LogP contribution in [0.4, 0.5) is 5.69 Å². The number of aryl methyl sites for hydroxylation is 1. The molecule has 17 heavy (non-hydrogen) atoms. The second-order valence-electron chi connectivity index (χ2n) is 5.16. The van der Waals surface area contributed by atoms with E-state index in [0.29, 0.717) is 6.04 Å². The van der Waals surface area contributed by atoms with Gasteiger partial charge in [-0.25, -0.2) is 0 Å². The van der Waals surface area contributed by atoms with Crippen molar-refractivity contribution in [2.45, 2.75) is 39.7 Å². The fourth-order valence-corrected chi connectivity index (χ4v) is 2.65. The first-order valence-electron chi connectivity index (χ1n) is 6.41. The molecule has 0 amide bonds. The summed E-state index contributed by atoms with van der Waals surface area (Å²) >= 11 is 0. The molecule has 0 N–H and O–H groups in total. The first kappa shape index (κ1) is 12.0. The number of rotatable bonds is 1. The van der Waals surface area contributed by atoms with Crippen molar-refractivity contribution in [1.29, 1.82) is 5.26 Å². The lowest BCUT2D eigenvalue weighted by Crippen LogP contribution is -2.42. The third-order valence-electron chi connectivity index (χ3n) is 4.04. The lowest BCUT2D eigenvalue weighted by Gasteiger charge is -2.39. The molecule has 0 radical (unpaired) electrons. The van der Waals surface area contributed by atoms with Crippen LogP contribution in [0.1, 0.15) is 37.8 Å². The summed E-state index contributed by atoms with van der Waals surface area (Å²) in [4.78, 5) is 2.47. The average Bonchev–Trinajstić information content (AvgIpc) is 2.32. The van der Waals surface area contributed by atoms with Crippen LogP contribution in [0.25, 0.3) is 0 Å². The molecule has 1 aromatic carbocycles. The van der Waals surface area contributed by atoms with Crippen molar-refractivity contribution in [1.82, 2.24) is 0 Å². The lowest BCUT2D eigenvalue weighted by molar-refractivity contribution is 0.363. The summed E-state index contributed by atoms with van der Waals surface area (Å²) in [6, 6.07) is 8.99. The average molecular weight is 228 g/mol. The highest BCUT2D eigenvalue weighted by molar-refractivity contribution is 5.54. The molecule has 1 heterocycles. The molecule has 0 bridgehead atoms. The molecule has 1 aliphatic rings. The second kappa shape index (κ2) is 4.79. The molecule has 2 unspecified atom stereocenters. The van der Waals surface area contributed by atoms with Crippen LogP contribution in [-0.2, 0) is 0 Å².